The van der Waals surface area contributed by atoms with E-state index in [2.05, 4.69) is 15.3 Å². The van der Waals surface area contributed by atoms with E-state index in [1.54, 1.807) is 18.7 Å². The molecular weight excluding hydrogens is 367 g/mol. The smallest absolute Gasteiger partial charge is 0.337 e. The first kappa shape index (κ1) is 20.1. The third kappa shape index (κ3) is 6.53. The summed E-state index contributed by atoms with van der Waals surface area (Å²) in [7, 11) is 0. The second kappa shape index (κ2) is 8.92. The van der Waals surface area contributed by atoms with Crippen molar-refractivity contribution < 1.29 is 22.9 Å². The van der Waals surface area contributed by atoms with E-state index in [1.165, 1.54) is 0 Å². The van der Waals surface area contributed by atoms with Crippen LogP contribution in [0.15, 0.2) is 48.0 Å². The maximum absolute atomic E-state index is 12.5. The van der Waals surface area contributed by atoms with Crippen molar-refractivity contribution in [2.24, 2.45) is 4.99 Å². The van der Waals surface area contributed by atoms with Crippen molar-refractivity contribution in [3.8, 4) is 0 Å². The minimum absolute atomic E-state index is 0.0579. The van der Waals surface area contributed by atoms with Crippen LogP contribution in [0.4, 0.5) is 13.2 Å². The molecule has 11 heteroatoms. The molecule has 1 amide bonds. The normalized spacial score (nSPS) is 12.0. The Bertz CT molecular complexity index is 802. The first-order valence-electron chi connectivity index (χ1n) is 7.85. The van der Waals surface area contributed by atoms with Crippen molar-refractivity contribution in [2.75, 3.05) is 13.1 Å². The highest BCUT2D eigenvalue weighted by Gasteiger charge is 2.30. The number of nitrogens with zero attached hydrogens (tertiary/aromatic N) is 4. The summed E-state index contributed by atoms with van der Waals surface area (Å²) in [6.07, 6.45) is 1.05. The van der Waals surface area contributed by atoms with Crippen molar-refractivity contribution in [3.63, 3.8) is 0 Å². The lowest BCUT2D eigenvalue weighted by molar-refractivity contribution is -0.463. The number of carbonyl (C=O) groups is 1. The van der Waals surface area contributed by atoms with Gasteiger partial charge in [-0.3, -0.25) is 19.9 Å². The summed E-state index contributed by atoms with van der Waals surface area (Å²) in [6, 6.07) is 3.54. The Morgan fingerprint density at radius 1 is 1.30 bits per heavy atom. The number of amides is 1. The van der Waals surface area contributed by atoms with Crippen molar-refractivity contribution in [3.05, 3.63) is 64.2 Å². The van der Waals surface area contributed by atoms with Gasteiger partial charge in [0, 0.05) is 36.0 Å². The van der Waals surface area contributed by atoms with Crippen LogP contribution < -0.4 is 5.32 Å². The lowest BCUT2D eigenvalue weighted by Gasteiger charge is -2.09. The van der Waals surface area contributed by atoms with Gasteiger partial charge in [-0.25, -0.2) is 4.98 Å². The van der Waals surface area contributed by atoms with Crippen LogP contribution in [0.3, 0.4) is 0 Å². The fourth-order valence-electron chi connectivity index (χ4n) is 2.15. The first-order valence-corrected chi connectivity index (χ1v) is 7.85. The molecule has 0 radical (unpaired) electrons. The second-order valence-corrected chi connectivity index (χ2v) is 5.50. The van der Waals surface area contributed by atoms with Crippen LogP contribution in [0.5, 0.6) is 0 Å². The molecule has 0 aliphatic rings. The van der Waals surface area contributed by atoms with E-state index >= 15 is 0 Å². The monoisotopic (exact) mass is 383 g/mol. The van der Waals surface area contributed by atoms with Gasteiger partial charge in [-0.15, -0.1) is 0 Å². The molecule has 144 valence electrons. The third-order valence-corrected chi connectivity index (χ3v) is 3.45. The highest BCUT2D eigenvalue weighted by atomic mass is 19.4. The number of carbonyl (C=O) groups excluding carboxylic acids is 1. The van der Waals surface area contributed by atoms with Crippen LogP contribution in [-0.2, 0) is 12.7 Å². The molecule has 0 saturated heterocycles. The number of hydrogen-bond acceptors (Lipinski definition) is 5. The summed E-state index contributed by atoms with van der Waals surface area (Å²) in [5.41, 5.74) is -0.949. The van der Waals surface area contributed by atoms with Crippen molar-refractivity contribution in [2.45, 2.75) is 19.1 Å². The average Bonchev–Trinajstić information content (AvgIpc) is 3.11. The van der Waals surface area contributed by atoms with E-state index in [-0.39, 0.29) is 17.9 Å². The van der Waals surface area contributed by atoms with Gasteiger partial charge in [0.05, 0.1) is 11.9 Å². The largest absolute Gasteiger partial charge is 0.416 e. The number of aryl methyl sites for hydroxylation is 1. The molecule has 2 aromatic rings. The molecule has 1 aromatic carbocycles. The van der Waals surface area contributed by atoms with Crippen LogP contribution in [-0.4, -0.2) is 39.3 Å². The highest BCUT2D eigenvalue weighted by Crippen LogP contribution is 2.29. The molecule has 0 aliphatic carbocycles. The van der Waals surface area contributed by atoms with E-state index in [4.69, 9.17) is 0 Å². The van der Waals surface area contributed by atoms with Gasteiger partial charge in [-0.1, -0.05) is 0 Å². The van der Waals surface area contributed by atoms with E-state index < -0.39 is 29.1 Å². The summed E-state index contributed by atoms with van der Waals surface area (Å²) >= 11 is 0. The molecular formula is C16H16F3N5O3. The number of halogens is 3. The zero-order valence-electron chi connectivity index (χ0n) is 14.0. The average molecular weight is 383 g/mol. The second-order valence-electron chi connectivity index (χ2n) is 5.50. The van der Waals surface area contributed by atoms with Gasteiger partial charge in [-0.05, 0) is 30.7 Å². The number of nitrogens with one attached hydrogen (secondary N) is 1. The zero-order valence-corrected chi connectivity index (χ0v) is 14.0. The van der Waals surface area contributed by atoms with Crippen molar-refractivity contribution in [1.29, 1.82) is 0 Å². The molecule has 27 heavy (non-hydrogen) atoms. The van der Waals surface area contributed by atoms with Gasteiger partial charge < -0.3 is 9.88 Å². The van der Waals surface area contributed by atoms with E-state index in [0.717, 1.165) is 24.3 Å². The Kier molecular flexibility index (Phi) is 6.63. The minimum Gasteiger partial charge on any atom is -0.337 e. The Labute approximate surface area is 151 Å². The maximum atomic E-state index is 12.5. The number of amidine groups is 1. The van der Waals surface area contributed by atoms with Gasteiger partial charge in [0.2, 0.25) is 0 Å². The predicted molar refractivity (Wildman–Crippen MR) is 89.9 cm³/mol. The SMILES string of the molecule is O=C(NC(C[N+](=O)[O-])=NCCCn1ccnc1)c1ccc(C(F)(F)F)cc1. The Hall–Kier alpha value is -3.24. The van der Waals surface area contributed by atoms with Crippen molar-refractivity contribution in [1.82, 2.24) is 14.9 Å². The molecule has 1 heterocycles. The summed E-state index contributed by atoms with van der Waals surface area (Å²) in [4.78, 5) is 30.1. The summed E-state index contributed by atoms with van der Waals surface area (Å²) in [5, 5.41) is 13.0. The van der Waals surface area contributed by atoms with Crippen LogP contribution >= 0.6 is 0 Å². The molecule has 1 aromatic heterocycles. The van der Waals surface area contributed by atoms with Crippen LogP contribution in [0.2, 0.25) is 0 Å². The molecule has 0 spiro atoms. The number of nitro groups is 1. The van der Waals surface area contributed by atoms with Gasteiger partial charge in [0.25, 0.3) is 12.5 Å². The molecule has 0 atom stereocenters. The van der Waals surface area contributed by atoms with Gasteiger partial charge in [0.1, 0.15) is 0 Å². The number of benzene rings is 1. The van der Waals surface area contributed by atoms with Gasteiger partial charge in [0.15, 0.2) is 5.84 Å². The topological polar surface area (TPSA) is 102 Å². The molecule has 1 N–H and O–H groups in total. The van der Waals surface area contributed by atoms with Crippen LogP contribution in [0.1, 0.15) is 22.3 Å². The van der Waals surface area contributed by atoms with Gasteiger partial charge >= 0.3 is 6.18 Å². The van der Waals surface area contributed by atoms with Crippen molar-refractivity contribution >= 4 is 11.7 Å². The van der Waals surface area contributed by atoms with E-state index in [1.807, 2.05) is 4.57 Å². The number of aromatic nitrogens is 2. The summed E-state index contributed by atoms with van der Waals surface area (Å²) in [6.45, 7) is 0.133. The number of imidazole rings is 1. The summed E-state index contributed by atoms with van der Waals surface area (Å²) < 4.78 is 39.5. The lowest BCUT2D eigenvalue weighted by Crippen LogP contribution is -2.35. The van der Waals surface area contributed by atoms with Gasteiger partial charge in [-0.2, -0.15) is 13.2 Å². The molecule has 2 rings (SSSR count). The van der Waals surface area contributed by atoms with E-state index in [0.29, 0.717) is 13.0 Å². The fourth-order valence-corrected chi connectivity index (χ4v) is 2.15. The Morgan fingerprint density at radius 3 is 2.56 bits per heavy atom. The molecule has 0 fully saturated rings. The molecule has 0 bridgehead atoms. The fraction of sp³-hybridized carbons (Fsp3) is 0.312. The molecule has 0 unspecified atom stereocenters. The van der Waals surface area contributed by atoms with Crippen LogP contribution in [0.25, 0.3) is 0 Å². The lowest BCUT2D eigenvalue weighted by atomic mass is 10.1. The van der Waals surface area contributed by atoms with Crippen LogP contribution in [0, 0.1) is 10.1 Å². The summed E-state index contributed by atoms with van der Waals surface area (Å²) in [5.74, 6) is -0.922. The van der Waals surface area contributed by atoms with E-state index in [9.17, 15) is 28.1 Å². The molecule has 8 nitrogen and oxygen atoms in total. The number of rotatable bonds is 7. The Balaban J connectivity index is 1.98. The quantitative estimate of drug-likeness (QED) is 0.261. The highest BCUT2D eigenvalue weighted by molar-refractivity contribution is 6.06. The number of alkyl halides is 3. The maximum Gasteiger partial charge on any atom is 0.416 e. The number of aliphatic imine (C=N–C) groups is 1. The Morgan fingerprint density at radius 2 is 2.00 bits per heavy atom. The zero-order chi connectivity index (χ0) is 19.9. The minimum atomic E-state index is -4.51. The third-order valence-electron chi connectivity index (χ3n) is 3.45. The standard InChI is InChI=1S/C16H16F3N5O3/c17-16(18,19)13-4-2-12(3-5-13)15(25)22-14(10-24(26)27)21-6-1-8-23-9-7-20-11-23/h2-5,7,9,11H,1,6,8,10H2,(H,21,22,25). The molecule has 0 saturated carbocycles. The molecule has 0 aliphatic heterocycles. The number of hydrogen-bond donors (Lipinski definition) is 1. The first-order chi connectivity index (χ1) is 12.8. The predicted octanol–water partition coefficient (Wildman–Crippen LogP) is 2.40.